The van der Waals surface area contributed by atoms with Crippen LogP contribution >= 0.6 is 0 Å². The van der Waals surface area contributed by atoms with Crippen molar-refractivity contribution in [3.05, 3.63) is 5.41 Å². The second kappa shape index (κ2) is 11.6. The van der Waals surface area contributed by atoms with Crippen LogP contribution in [0.1, 0.15) is 13.3 Å². The van der Waals surface area contributed by atoms with Gasteiger partial charge in [0.15, 0.2) is 0 Å². The zero-order valence-corrected chi connectivity index (χ0v) is 6.37. The predicted octanol–water partition coefficient (Wildman–Crippen LogP) is -0.210. The van der Waals surface area contributed by atoms with Crippen molar-refractivity contribution in [3.63, 3.8) is 0 Å². The summed E-state index contributed by atoms with van der Waals surface area (Å²) >= 11 is 0. The number of isocyanates is 1. The van der Waals surface area contributed by atoms with E-state index in [0.29, 0.717) is 25.7 Å². The van der Waals surface area contributed by atoms with Gasteiger partial charge >= 0.3 is 5.97 Å². The van der Waals surface area contributed by atoms with Crippen LogP contribution in [0.2, 0.25) is 0 Å². The highest BCUT2D eigenvalue weighted by Gasteiger charge is 1.95. The number of carbonyl (C=O) groups excluding carboxylic acids is 2. The molecule has 0 aliphatic heterocycles. The second-order valence-corrected chi connectivity index (χ2v) is 1.43. The molecule has 0 heterocycles. The molecule has 5 heteroatoms. The Bertz CT molecular complexity index is 122. The van der Waals surface area contributed by atoms with Gasteiger partial charge in [-0.2, -0.15) is 0 Å². The number of nitrogens with zero attached hydrogens (tertiary/aromatic N) is 1. The molecule has 2 N–H and O–H groups in total. The third kappa shape index (κ3) is 17.7. The first kappa shape index (κ1) is 12.5. The first-order valence-electron chi connectivity index (χ1n) is 3.09. The van der Waals surface area contributed by atoms with Gasteiger partial charge in [-0.1, -0.05) is 0 Å². The number of nitrogens with two attached hydrogens (primary N) is 1. The molecular formula is C6H11N2O3-. The zero-order chi connectivity index (χ0) is 9.11. The van der Waals surface area contributed by atoms with Gasteiger partial charge in [-0.05, 0) is 13.0 Å². The van der Waals surface area contributed by atoms with Crippen LogP contribution < -0.4 is 5.73 Å². The lowest BCUT2D eigenvalue weighted by Crippen LogP contribution is -2.10. The highest BCUT2D eigenvalue weighted by molar-refractivity contribution is 5.69. The molecule has 0 spiro atoms. The molecule has 0 radical (unpaired) electrons. The SMILES string of the molecule is CCOC(=O)CCN.[N-]=C=O. The average molecular weight is 159 g/mol. The Morgan fingerprint density at radius 3 is 2.45 bits per heavy atom. The molecule has 0 aliphatic rings. The molecular weight excluding hydrogens is 148 g/mol. The molecule has 0 unspecified atom stereocenters. The van der Waals surface area contributed by atoms with Crippen LogP contribution in [0.3, 0.4) is 0 Å². The second-order valence-electron chi connectivity index (χ2n) is 1.43. The molecule has 0 saturated heterocycles. The van der Waals surface area contributed by atoms with Gasteiger partial charge in [-0.15, -0.1) is 0 Å². The van der Waals surface area contributed by atoms with E-state index >= 15 is 0 Å². The monoisotopic (exact) mass is 159 g/mol. The molecule has 0 bridgehead atoms. The van der Waals surface area contributed by atoms with Crippen LogP contribution in [0.15, 0.2) is 0 Å². The van der Waals surface area contributed by atoms with Crippen LogP contribution in [0.5, 0.6) is 0 Å². The summed E-state index contributed by atoms with van der Waals surface area (Å²) in [6, 6.07) is 0. The van der Waals surface area contributed by atoms with Crippen molar-refractivity contribution in [2.45, 2.75) is 13.3 Å². The van der Waals surface area contributed by atoms with E-state index in [1.807, 2.05) is 0 Å². The van der Waals surface area contributed by atoms with E-state index in [1.54, 1.807) is 6.92 Å². The number of hydrogen-bond acceptors (Lipinski definition) is 4. The smallest absolute Gasteiger partial charge is 0.307 e. The van der Waals surface area contributed by atoms with E-state index in [9.17, 15) is 4.79 Å². The van der Waals surface area contributed by atoms with Crippen LogP contribution in [0, 0.1) is 0 Å². The standard InChI is InChI=1S/C5H11NO2.CNO/c1-2-8-5(7)3-4-6;2-1-3/h2-4,6H2,1H3;/q;-1. The molecule has 0 saturated carbocycles. The van der Waals surface area contributed by atoms with Crippen molar-refractivity contribution in [1.29, 1.82) is 0 Å². The third-order valence-corrected chi connectivity index (χ3v) is 0.654. The fourth-order valence-electron chi connectivity index (χ4n) is 0.351. The van der Waals surface area contributed by atoms with Gasteiger partial charge < -0.3 is 15.9 Å². The van der Waals surface area contributed by atoms with Gasteiger partial charge in [0.2, 0.25) is 0 Å². The average Bonchev–Trinajstić information content (AvgIpc) is 1.90. The van der Waals surface area contributed by atoms with Crippen molar-refractivity contribution in [2.24, 2.45) is 5.73 Å². The number of ether oxygens (including phenoxy) is 1. The van der Waals surface area contributed by atoms with Crippen molar-refractivity contribution < 1.29 is 14.3 Å². The molecule has 0 atom stereocenters. The lowest BCUT2D eigenvalue weighted by molar-refractivity contribution is -0.142. The summed E-state index contributed by atoms with van der Waals surface area (Å²) in [5.41, 5.74) is 5.06. The molecule has 64 valence electrons. The Morgan fingerprint density at radius 2 is 2.18 bits per heavy atom. The Balaban J connectivity index is 0. The third-order valence-electron chi connectivity index (χ3n) is 0.654. The minimum absolute atomic E-state index is 0.213. The Hall–Kier alpha value is -1.19. The predicted molar refractivity (Wildman–Crippen MR) is 39.4 cm³/mol. The van der Waals surface area contributed by atoms with Crippen molar-refractivity contribution in [2.75, 3.05) is 13.2 Å². The minimum Gasteiger partial charge on any atom is -0.724 e. The van der Waals surface area contributed by atoms with Crippen molar-refractivity contribution in [1.82, 2.24) is 0 Å². The van der Waals surface area contributed by atoms with E-state index in [2.05, 4.69) is 4.74 Å². The minimum atomic E-state index is -0.213. The van der Waals surface area contributed by atoms with E-state index < -0.39 is 0 Å². The number of hydrogen-bond donors (Lipinski definition) is 1. The van der Waals surface area contributed by atoms with E-state index in [-0.39, 0.29) is 5.97 Å². The summed E-state index contributed by atoms with van der Waals surface area (Å²) in [6.07, 6.45) is 0.827. The number of carbonyl (C=O) groups is 1. The van der Waals surface area contributed by atoms with Crippen LogP contribution in [-0.2, 0) is 14.3 Å². The molecule has 0 rings (SSSR count). The molecule has 5 nitrogen and oxygen atoms in total. The van der Waals surface area contributed by atoms with Gasteiger partial charge in [0.05, 0.1) is 13.0 Å². The lowest BCUT2D eigenvalue weighted by Gasteiger charge is -1.96. The summed E-state index contributed by atoms with van der Waals surface area (Å²) < 4.78 is 4.56. The van der Waals surface area contributed by atoms with Crippen molar-refractivity contribution in [3.8, 4) is 0 Å². The summed E-state index contributed by atoms with van der Waals surface area (Å²) in [7, 11) is 0. The normalized spacial score (nSPS) is 7.09. The lowest BCUT2D eigenvalue weighted by atomic mass is 10.4. The highest BCUT2D eigenvalue weighted by atomic mass is 16.5. The van der Waals surface area contributed by atoms with Crippen LogP contribution in [-0.4, -0.2) is 25.2 Å². The first-order chi connectivity index (χ1) is 5.22. The summed E-state index contributed by atoms with van der Waals surface area (Å²) in [6.45, 7) is 2.59. The molecule has 0 aromatic carbocycles. The first-order valence-corrected chi connectivity index (χ1v) is 3.09. The van der Waals surface area contributed by atoms with E-state index in [0.717, 1.165) is 0 Å². The van der Waals surface area contributed by atoms with Gasteiger partial charge in [0.1, 0.15) is 0 Å². The molecule has 0 amide bonds. The van der Waals surface area contributed by atoms with E-state index in [1.165, 1.54) is 0 Å². The van der Waals surface area contributed by atoms with Gasteiger partial charge in [0.25, 0.3) is 0 Å². The Kier molecular flexibility index (Phi) is 13.1. The largest absolute Gasteiger partial charge is 0.724 e. The summed E-state index contributed by atoms with van der Waals surface area (Å²) in [4.78, 5) is 18.6. The summed E-state index contributed by atoms with van der Waals surface area (Å²) in [5.74, 6) is -0.213. The van der Waals surface area contributed by atoms with Crippen LogP contribution in [0.25, 0.3) is 5.41 Å². The molecule has 0 fully saturated rings. The summed E-state index contributed by atoms with van der Waals surface area (Å²) in [5, 5.41) is 6.76. The molecule has 0 aliphatic carbocycles. The zero-order valence-electron chi connectivity index (χ0n) is 6.37. The van der Waals surface area contributed by atoms with Gasteiger partial charge in [0, 0.05) is 6.54 Å². The van der Waals surface area contributed by atoms with Crippen molar-refractivity contribution >= 4 is 12.0 Å². The maximum atomic E-state index is 10.3. The van der Waals surface area contributed by atoms with Crippen LogP contribution in [0.4, 0.5) is 0 Å². The Labute approximate surface area is 65.0 Å². The Morgan fingerprint density at radius 1 is 1.73 bits per heavy atom. The fraction of sp³-hybridized carbons (Fsp3) is 0.667. The van der Waals surface area contributed by atoms with E-state index in [4.69, 9.17) is 15.9 Å². The molecule has 11 heavy (non-hydrogen) atoms. The topological polar surface area (TPSA) is 91.7 Å². The highest BCUT2D eigenvalue weighted by Crippen LogP contribution is 1.80. The maximum absolute atomic E-state index is 10.3. The molecule has 0 aromatic heterocycles. The number of rotatable bonds is 3. The number of esters is 1. The van der Waals surface area contributed by atoms with Gasteiger partial charge in [-0.3, -0.25) is 9.59 Å². The fourth-order valence-corrected chi connectivity index (χ4v) is 0.351. The maximum Gasteiger partial charge on any atom is 0.307 e. The molecule has 0 aromatic rings. The quantitative estimate of drug-likeness (QED) is 0.350. The van der Waals surface area contributed by atoms with Gasteiger partial charge in [-0.25, -0.2) is 0 Å².